The first-order valence-corrected chi connectivity index (χ1v) is 11.5. The van der Waals surface area contributed by atoms with Crippen molar-refractivity contribution in [1.82, 2.24) is 20.0 Å². The largest absolute Gasteiger partial charge is 0.309 e. The molecule has 5 rings (SSSR count). The summed E-state index contributed by atoms with van der Waals surface area (Å²) < 4.78 is 16.8. The molecule has 1 aromatic heterocycles. The standard InChI is InChI=1S/C28H29FN4/c1-20-17-32(18-21(2)31-20)19-24-16-30-33(28(24)26-10-6-7-11-27(26)29)25-14-12-23(13-15-25)22-8-4-3-5-9-22/h3-16,20-21,31H,17-19H2,1-2H3. The zero-order chi connectivity index (χ0) is 22.8. The number of piperazine rings is 1. The van der Waals surface area contributed by atoms with Gasteiger partial charge in [0.05, 0.1) is 17.6 Å². The van der Waals surface area contributed by atoms with Crippen LogP contribution in [-0.4, -0.2) is 39.9 Å². The molecule has 5 heteroatoms. The molecule has 2 unspecified atom stereocenters. The molecule has 3 aromatic carbocycles. The molecule has 0 aliphatic carbocycles. The highest BCUT2D eigenvalue weighted by Gasteiger charge is 2.24. The number of nitrogens with zero attached hydrogens (tertiary/aromatic N) is 3. The number of halogens is 1. The fraction of sp³-hybridized carbons (Fsp3) is 0.250. The Morgan fingerprint density at radius 1 is 0.848 bits per heavy atom. The van der Waals surface area contributed by atoms with Crippen LogP contribution >= 0.6 is 0 Å². The highest BCUT2D eigenvalue weighted by atomic mass is 19.1. The Balaban J connectivity index is 1.53. The normalized spacial score (nSPS) is 19.0. The summed E-state index contributed by atoms with van der Waals surface area (Å²) in [5.41, 5.74) is 5.66. The molecule has 1 aliphatic heterocycles. The van der Waals surface area contributed by atoms with E-state index in [1.54, 1.807) is 6.07 Å². The molecular formula is C28H29FN4. The molecule has 2 heterocycles. The quantitative estimate of drug-likeness (QED) is 0.443. The summed E-state index contributed by atoms with van der Waals surface area (Å²) in [5.74, 6) is -0.233. The fourth-order valence-electron chi connectivity index (χ4n) is 4.87. The topological polar surface area (TPSA) is 33.1 Å². The van der Waals surface area contributed by atoms with Gasteiger partial charge >= 0.3 is 0 Å². The first kappa shape index (κ1) is 21.6. The van der Waals surface area contributed by atoms with Crippen LogP contribution in [0.1, 0.15) is 19.4 Å². The van der Waals surface area contributed by atoms with Crippen molar-refractivity contribution >= 4 is 0 Å². The molecule has 0 saturated carbocycles. The maximum Gasteiger partial charge on any atom is 0.132 e. The molecule has 1 fully saturated rings. The van der Waals surface area contributed by atoms with Crippen LogP contribution in [0.15, 0.2) is 85.1 Å². The SMILES string of the molecule is CC1CN(Cc2cnn(-c3ccc(-c4ccccc4)cc3)c2-c2ccccc2F)CC(C)N1. The lowest BCUT2D eigenvalue weighted by Gasteiger charge is -2.36. The lowest BCUT2D eigenvalue weighted by Crippen LogP contribution is -2.53. The number of nitrogens with one attached hydrogen (secondary N) is 1. The lowest BCUT2D eigenvalue weighted by atomic mass is 10.0. The smallest absolute Gasteiger partial charge is 0.132 e. The Hall–Kier alpha value is -3.28. The van der Waals surface area contributed by atoms with Gasteiger partial charge in [0.1, 0.15) is 5.82 Å². The average Bonchev–Trinajstić information content (AvgIpc) is 3.22. The van der Waals surface area contributed by atoms with Crippen molar-refractivity contribution in [3.63, 3.8) is 0 Å². The fourth-order valence-corrected chi connectivity index (χ4v) is 4.87. The molecule has 4 nitrogen and oxygen atoms in total. The maximum atomic E-state index is 15.0. The molecule has 0 spiro atoms. The second-order valence-electron chi connectivity index (χ2n) is 8.99. The molecule has 33 heavy (non-hydrogen) atoms. The van der Waals surface area contributed by atoms with Gasteiger partial charge in [-0.15, -0.1) is 0 Å². The molecule has 168 valence electrons. The van der Waals surface area contributed by atoms with E-state index in [1.165, 1.54) is 11.6 Å². The van der Waals surface area contributed by atoms with Gasteiger partial charge in [-0.3, -0.25) is 4.90 Å². The monoisotopic (exact) mass is 440 g/mol. The third-order valence-electron chi connectivity index (χ3n) is 6.22. The van der Waals surface area contributed by atoms with Crippen molar-refractivity contribution in [3.05, 3.63) is 96.4 Å². The molecule has 1 saturated heterocycles. The van der Waals surface area contributed by atoms with E-state index in [-0.39, 0.29) is 5.82 Å². The van der Waals surface area contributed by atoms with Crippen LogP contribution in [0.25, 0.3) is 28.1 Å². The van der Waals surface area contributed by atoms with Gasteiger partial charge in [-0.2, -0.15) is 5.10 Å². The third kappa shape index (κ3) is 4.61. The van der Waals surface area contributed by atoms with Gasteiger partial charge in [0.2, 0.25) is 0 Å². The maximum absolute atomic E-state index is 15.0. The third-order valence-corrected chi connectivity index (χ3v) is 6.22. The molecule has 0 bridgehead atoms. The predicted octanol–water partition coefficient (Wildman–Crippen LogP) is 5.53. The van der Waals surface area contributed by atoms with E-state index >= 15 is 0 Å². The summed E-state index contributed by atoms with van der Waals surface area (Å²) >= 11 is 0. The molecule has 4 aromatic rings. The average molecular weight is 441 g/mol. The van der Waals surface area contributed by atoms with Crippen molar-refractivity contribution in [2.45, 2.75) is 32.5 Å². The van der Waals surface area contributed by atoms with E-state index in [0.717, 1.165) is 42.1 Å². The van der Waals surface area contributed by atoms with E-state index < -0.39 is 0 Å². The molecule has 0 amide bonds. The van der Waals surface area contributed by atoms with Crippen LogP contribution in [0, 0.1) is 5.82 Å². The van der Waals surface area contributed by atoms with Crippen LogP contribution in [0.2, 0.25) is 0 Å². The van der Waals surface area contributed by atoms with Crippen molar-refractivity contribution in [2.24, 2.45) is 0 Å². The molecule has 0 radical (unpaired) electrons. The summed E-state index contributed by atoms with van der Waals surface area (Å²) in [6.45, 7) is 7.06. The van der Waals surface area contributed by atoms with Crippen LogP contribution in [0.3, 0.4) is 0 Å². The number of hydrogen-bond donors (Lipinski definition) is 1. The van der Waals surface area contributed by atoms with Gasteiger partial charge in [-0.25, -0.2) is 9.07 Å². The van der Waals surface area contributed by atoms with Gasteiger partial charge in [0, 0.05) is 42.8 Å². The second kappa shape index (κ2) is 9.30. The summed E-state index contributed by atoms with van der Waals surface area (Å²) in [7, 11) is 0. The molecule has 1 aliphatic rings. The minimum absolute atomic E-state index is 0.233. The van der Waals surface area contributed by atoms with Gasteiger partial charge < -0.3 is 5.32 Å². The van der Waals surface area contributed by atoms with E-state index in [0.29, 0.717) is 17.6 Å². The number of hydrogen-bond acceptors (Lipinski definition) is 3. The summed E-state index contributed by atoms with van der Waals surface area (Å²) in [6, 6.07) is 26.4. The van der Waals surface area contributed by atoms with Crippen molar-refractivity contribution in [2.75, 3.05) is 13.1 Å². The summed E-state index contributed by atoms with van der Waals surface area (Å²) in [6.07, 6.45) is 1.89. The summed E-state index contributed by atoms with van der Waals surface area (Å²) in [5, 5.41) is 8.30. The minimum atomic E-state index is -0.233. The summed E-state index contributed by atoms with van der Waals surface area (Å²) in [4.78, 5) is 2.43. The number of rotatable bonds is 5. The lowest BCUT2D eigenvalue weighted by molar-refractivity contribution is 0.167. The zero-order valence-corrected chi connectivity index (χ0v) is 19.1. The highest BCUT2D eigenvalue weighted by molar-refractivity contribution is 5.68. The Bertz CT molecular complexity index is 1210. The van der Waals surface area contributed by atoms with Crippen molar-refractivity contribution < 1.29 is 4.39 Å². The molecule has 2 atom stereocenters. The van der Waals surface area contributed by atoms with E-state index in [4.69, 9.17) is 5.10 Å². The van der Waals surface area contributed by atoms with Gasteiger partial charge in [0.25, 0.3) is 0 Å². The minimum Gasteiger partial charge on any atom is -0.309 e. The van der Waals surface area contributed by atoms with Crippen LogP contribution in [0.4, 0.5) is 4.39 Å². The van der Waals surface area contributed by atoms with Crippen LogP contribution in [0.5, 0.6) is 0 Å². The van der Waals surface area contributed by atoms with Crippen LogP contribution < -0.4 is 5.32 Å². The van der Waals surface area contributed by atoms with Gasteiger partial charge in [-0.1, -0.05) is 54.6 Å². The number of benzene rings is 3. The second-order valence-corrected chi connectivity index (χ2v) is 8.99. The number of aromatic nitrogens is 2. The Morgan fingerprint density at radius 3 is 2.18 bits per heavy atom. The Morgan fingerprint density at radius 2 is 1.48 bits per heavy atom. The van der Waals surface area contributed by atoms with Gasteiger partial charge in [0.15, 0.2) is 0 Å². The first-order valence-electron chi connectivity index (χ1n) is 11.5. The van der Waals surface area contributed by atoms with Gasteiger partial charge in [-0.05, 0) is 49.2 Å². The van der Waals surface area contributed by atoms with Crippen molar-refractivity contribution in [1.29, 1.82) is 0 Å². The first-order chi connectivity index (χ1) is 16.1. The van der Waals surface area contributed by atoms with Crippen molar-refractivity contribution in [3.8, 4) is 28.1 Å². The van der Waals surface area contributed by atoms with E-state index in [2.05, 4.69) is 60.5 Å². The Kier molecular flexibility index (Phi) is 6.07. The van der Waals surface area contributed by atoms with E-state index in [1.807, 2.05) is 41.2 Å². The highest BCUT2D eigenvalue weighted by Crippen LogP contribution is 2.31. The molecule has 1 N–H and O–H groups in total. The molecular weight excluding hydrogens is 411 g/mol. The van der Waals surface area contributed by atoms with Crippen LogP contribution in [-0.2, 0) is 6.54 Å². The predicted molar refractivity (Wildman–Crippen MR) is 132 cm³/mol. The Labute approximate surface area is 194 Å². The zero-order valence-electron chi connectivity index (χ0n) is 19.1. The van der Waals surface area contributed by atoms with E-state index in [9.17, 15) is 4.39 Å².